The van der Waals surface area contributed by atoms with E-state index in [-0.39, 0.29) is 8.96 Å². The molecule has 0 unspecified atom stereocenters. The fourth-order valence-corrected chi connectivity index (χ4v) is 0. The molecule has 1 nitrogen and oxygen atoms in total. The van der Waals surface area contributed by atoms with Gasteiger partial charge in [-0.25, -0.2) is 0 Å². The largest absolute Gasteiger partial charge is 0.330 e. The highest BCUT2D eigenvalue weighted by Crippen LogP contribution is 1.79. The lowest BCUT2D eigenvalue weighted by atomic mass is 11.3. The SMILES string of the molecule is CN(C)[Si](C)C. The van der Waals surface area contributed by atoms with Gasteiger partial charge in [0.05, 0.1) is 0 Å². The van der Waals surface area contributed by atoms with Crippen LogP contribution in [-0.2, 0) is 0 Å². The van der Waals surface area contributed by atoms with E-state index in [9.17, 15) is 0 Å². The van der Waals surface area contributed by atoms with E-state index in [4.69, 9.17) is 0 Å². The molecule has 0 atom stereocenters. The number of hydrogen-bond donors (Lipinski definition) is 0. The maximum absolute atomic E-state index is 2.27. The van der Waals surface area contributed by atoms with Gasteiger partial charge in [-0.05, 0) is 14.1 Å². The first kappa shape index (κ1) is 6.18. The van der Waals surface area contributed by atoms with Crippen molar-refractivity contribution in [3.8, 4) is 0 Å². The molecule has 6 heavy (non-hydrogen) atoms. The highest BCUT2D eigenvalue weighted by molar-refractivity contribution is 6.52. The quantitative estimate of drug-likeness (QED) is 0.443. The predicted molar refractivity (Wildman–Crippen MR) is 31.2 cm³/mol. The second kappa shape index (κ2) is 2.37. The van der Waals surface area contributed by atoms with Crippen LogP contribution in [0.25, 0.3) is 0 Å². The van der Waals surface area contributed by atoms with Crippen molar-refractivity contribution in [2.45, 2.75) is 13.1 Å². The molecule has 0 heterocycles. The Kier molecular flexibility index (Phi) is 2.44. The molecule has 0 rings (SSSR count). The minimum absolute atomic E-state index is 0.118. The molecule has 0 spiro atoms. The molecule has 0 fully saturated rings. The first-order valence-corrected chi connectivity index (χ1v) is 4.57. The molecular formula is C4H12NSi. The lowest BCUT2D eigenvalue weighted by Crippen LogP contribution is -2.25. The van der Waals surface area contributed by atoms with Gasteiger partial charge in [-0.1, -0.05) is 13.1 Å². The third-order valence-electron chi connectivity index (χ3n) is 0.894. The number of rotatable bonds is 1. The third kappa shape index (κ3) is 2.42. The molecule has 0 saturated heterocycles. The standard InChI is InChI=1S/C4H12NSi/c1-5(2)6(3)4/h1-4H3. The van der Waals surface area contributed by atoms with Crippen LogP contribution in [0.5, 0.6) is 0 Å². The van der Waals surface area contributed by atoms with Crippen LogP contribution in [0.2, 0.25) is 13.1 Å². The van der Waals surface area contributed by atoms with E-state index in [2.05, 4.69) is 31.8 Å². The first-order valence-electron chi connectivity index (χ1n) is 2.12. The van der Waals surface area contributed by atoms with Crippen LogP contribution in [0, 0.1) is 0 Å². The summed E-state index contributed by atoms with van der Waals surface area (Å²) >= 11 is 0. The summed E-state index contributed by atoms with van der Waals surface area (Å²) in [6.07, 6.45) is 0. The Bertz CT molecular complexity index is 28.5. The average molecular weight is 102 g/mol. The van der Waals surface area contributed by atoms with Gasteiger partial charge >= 0.3 is 0 Å². The summed E-state index contributed by atoms with van der Waals surface area (Å²) in [4.78, 5) is 0. The maximum atomic E-state index is 2.27. The minimum atomic E-state index is -0.118. The van der Waals surface area contributed by atoms with Crippen molar-refractivity contribution < 1.29 is 0 Å². The molecule has 0 aromatic rings. The Labute approximate surface area is 41.7 Å². The Morgan fingerprint density at radius 1 is 1.17 bits per heavy atom. The fraction of sp³-hybridized carbons (Fsp3) is 1.00. The molecule has 2 heteroatoms. The van der Waals surface area contributed by atoms with Crippen LogP contribution >= 0.6 is 0 Å². The van der Waals surface area contributed by atoms with Gasteiger partial charge in [-0.3, -0.25) is 0 Å². The van der Waals surface area contributed by atoms with Gasteiger partial charge in [0.25, 0.3) is 0 Å². The zero-order valence-electron chi connectivity index (χ0n) is 4.95. The van der Waals surface area contributed by atoms with E-state index in [0.29, 0.717) is 0 Å². The molecule has 0 bridgehead atoms. The summed E-state index contributed by atoms with van der Waals surface area (Å²) in [5.41, 5.74) is 0. The van der Waals surface area contributed by atoms with Crippen LogP contribution in [0.4, 0.5) is 0 Å². The molecule has 37 valence electrons. The van der Waals surface area contributed by atoms with Gasteiger partial charge in [-0.2, -0.15) is 0 Å². The molecule has 0 aliphatic rings. The lowest BCUT2D eigenvalue weighted by molar-refractivity contribution is 0.648. The molecule has 0 N–H and O–H groups in total. The Hall–Kier alpha value is 0.177. The van der Waals surface area contributed by atoms with Crippen molar-refractivity contribution in [3.05, 3.63) is 0 Å². The second-order valence-corrected chi connectivity index (χ2v) is 4.63. The summed E-state index contributed by atoms with van der Waals surface area (Å²) in [5, 5.41) is 0. The van der Waals surface area contributed by atoms with Crippen LogP contribution < -0.4 is 0 Å². The fourth-order valence-electron chi connectivity index (χ4n) is 0. The van der Waals surface area contributed by atoms with Gasteiger partial charge in [0.2, 0.25) is 0 Å². The molecule has 0 aliphatic carbocycles. The van der Waals surface area contributed by atoms with Crippen molar-refractivity contribution in [1.29, 1.82) is 0 Å². The second-order valence-electron chi connectivity index (χ2n) is 1.84. The normalized spacial score (nSPS) is 11.0. The van der Waals surface area contributed by atoms with Gasteiger partial charge < -0.3 is 4.57 Å². The predicted octanol–water partition coefficient (Wildman–Crippen LogP) is 0.799. The molecule has 0 aromatic carbocycles. The van der Waals surface area contributed by atoms with E-state index in [1.807, 2.05) is 0 Å². The topological polar surface area (TPSA) is 3.24 Å². The highest BCUT2D eigenvalue weighted by Gasteiger charge is 1.94. The van der Waals surface area contributed by atoms with Gasteiger partial charge in [-0.15, -0.1) is 0 Å². The van der Waals surface area contributed by atoms with Crippen LogP contribution in [0.1, 0.15) is 0 Å². The van der Waals surface area contributed by atoms with Crippen molar-refractivity contribution >= 4 is 8.96 Å². The summed E-state index contributed by atoms with van der Waals surface area (Å²) < 4.78 is 2.27. The van der Waals surface area contributed by atoms with Crippen LogP contribution in [-0.4, -0.2) is 27.6 Å². The monoisotopic (exact) mass is 102 g/mol. The van der Waals surface area contributed by atoms with Crippen LogP contribution in [0.15, 0.2) is 0 Å². The van der Waals surface area contributed by atoms with Crippen molar-refractivity contribution in [2.75, 3.05) is 14.1 Å². The summed E-state index contributed by atoms with van der Waals surface area (Å²) in [6, 6.07) is 0. The first-order chi connectivity index (χ1) is 2.64. The van der Waals surface area contributed by atoms with Crippen molar-refractivity contribution in [2.24, 2.45) is 0 Å². The van der Waals surface area contributed by atoms with E-state index in [1.165, 1.54) is 0 Å². The van der Waals surface area contributed by atoms with Crippen molar-refractivity contribution in [1.82, 2.24) is 4.57 Å². The lowest BCUT2D eigenvalue weighted by Gasteiger charge is -2.10. The highest BCUT2D eigenvalue weighted by atomic mass is 28.3. The summed E-state index contributed by atoms with van der Waals surface area (Å²) in [7, 11) is 4.12. The maximum Gasteiger partial charge on any atom is 0.129 e. The van der Waals surface area contributed by atoms with Gasteiger partial charge in [0.1, 0.15) is 8.96 Å². The summed E-state index contributed by atoms with van der Waals surface area (Å²) in [6.45, 7) is 4.54. The molecule has 1 radical (unpaired) electrons. The van der Waals surface area contributed by atoms with E-state index >= 15 is 0 Å². The van der Waals surface area contributed by atoms with E-state index in [0.717, 1.165) is 0 Å². The third-order valence-corrected chi connectivity index (χ3v) is 2.68. The number of nitrogens with zero attached hydrogens (tertiary/aromatic N) is 1. The smallest absolute Gasteiger partial charge is 0.129 e. The Balaban J connectivity index is 2.99. The number of hydrogen-bond acceptors (Lipinski definition) is 1. The average Bonchev–Trinajstić information content (AvgIpc) is 1.36. The van der Waals surface area contributed by atoms with Crippen molar-refractivity contribution in [3.63, 3.8) is 0 Å². The van der Waals surface area contributed by atoms with Gasteiger partial charge in [0, 0.05) is 0 Å². The summed E-state index contributed by atoms with van der Waals surface area (Å²) in [5.74, 6) is 0. The minimum Gasteiger partial charge on any atom is -0.330 e. The van der Waals surface area contributed by atoms with E-state index < -0.39 is 0 Å². The Morgan fingerprint density at radius 2 is 1.33 bits per heavy atom. The Morgan fingerprint density at radius 3 is 1.33 bits per heavy atom. The van der Waals surface area contributed by atoms with E-state index in [1.54, 1.807) is 0 Å². The zero-order valence-corrected chi connectivity index (χ0v) is 5.95. The molecule has 0 aliphatic heterocycles. The van der Waals surface area contributed by atoms with Crippen LogP contribution in [0.3, 0.4) is 0 Å². The zero-order chi connectivity index (χ0) is 5.15. The molecular weight excluding hydrogens is 90.1 g/mol. The molecule has 0 aromatic heterocycles. The van der Waals surface area contributed by atoms with Gasteiger partial charge in [0.15, 0.2) is 0 Å². The molecule has 0 saturated carbocycles. The molecule has 0 amide bonds.